The second-order valence-electron chi connectivity index (χ2n) is 4.64. The maximum Gasteiger partial charge on any atom is 0.342 e. The summed E-state index contributed by atoms with van der Waals surface area (Å²) in [6.45, 7) is 0.970. The lowest BCUT2D eigenvalue weighted by atomic mass is 10.1. The molecule has 1 N–H and O–H groups in total. The van der Waals surface area contributed by atoms with Gasteiger partial charge in [-0.05, 0) is 42.8 Å². The van der Waals surface area contributed by atoms with Crippen LogP contribution in [0.25, 0.3) is 0 Å². The molecule has 2 rings (SSSR count). The molecule has 0 fully saturated rings. The second-order valence-corrected chi connectivity index (χ2v) is 4.64. The highest BCUT2D eigenvalue weighted by Crippen LogP contribution is 2.19. The minimum atomic E-state index is -0.928. The molecule has 0 saturated heterocycles. The van der Waals surface area contributed by atoms with Crippen LogP contribution in [0.4, 0.5) is 8.78 Å². The molecule has 0 aromatic heterocycles. The fraction of sp³-hybridized carbons (Fsp3) is 0.125. The van der Waals surface area contributed by atoms with Crippen molar-refractivity contribution in [3.8, 4) is 5.75 Å². The minimum absolute atomic E-state index is 0.113. The van der Waals surface area contributed by atoms with Crippen molar-refractivity contribution < 1.29 is 28.2 Å². The van der Waals surface area contributed by atoms with Gasteiger partial charge in [-0.3, -0.25) is 4.79 Å². The molecule has 0 atom stereocenters. The molecule has 2 aromatic carbocycles. The van der Waals surface area contributed by atoms with Crippen LogP contribution in [0, 0.1) is 18.6 Å². The summed E-state index contributed by atoms with van der Waals surface area (Å²) in [5.41, 5.74) is 0.131. The highest BCUT2D eigenvalue weighted by molar-refractivity contribution is 6.00. The van der Waals surface area contributed by atoms with Gasteiger partial charge in [-0.1, -0.05) is 6.07 Å². The number of phenols is 1. The van der Waals surface area contributed by atoms with Crippen molar-refractivity contribution in [2.75, 3.05) is 6.61 Å². The Morgan fingerprint density at radius 3 is 2.50 bits per heavy atom. The van der Waals surface area contributed by atoms with E-state index in [0.717, 1.165) is 23.8 Å². The molecule has 0 spiro atoms. The van der Waals surface area contributed by atoms with Gasteiger partial charge in [-0.25, -0.2) is 13.6 Å². The number of aryl methyl sites for hydroxylation is 1. The van der Waals surface area contributed by atoms with Gasteiger partial charge in [0, 0.05) is 0 Å². The minimum Gasteiger partial charge on any atom is -0.507 e. The second kappa shape index (κ2) is 6.34. The number of Topliss-reactive ketones (excluding diaryl/α,β-unsaturated/α-hetero) is 1. The molecule has 0 heterocycles. The van der Waals surface area contributed by atoms with Gasteiger partial charge >= 0.3 is 5.97 Å². The number of carbonyl (C=O) groups is 2. The molecule has 2 aromatic rings. The Balaban J connectivity index is 2.07. The average Bonchev–Trinajstić information content (AvgIpc) is 2.47. The van der Waals surface area contributed by atoms with Gasteiger partial charge in [-0.15, -0.1) is 0 Å². The van der Waals surface area contributed by atoms with Gasteiger partial charge in [0.15, 0.2) is 6.61 Å². The highest BCUT2D eigenvalue weighted by Gasteiger charge is 2.17. The molecule has 0 unspecified atom stereocenters. The number of ketones is 1. The van der Waals surface area contributed by atoms with Crippen LogP contribution in [0.3, 0.4) is 0 Å². The lowest BCUT2D eigenvalue weighted by Gasteiger charge is -2.07. The Kier molecular flexibility index (Phi) is 4.50. The van der Waals surface area contributed by atoms with E-state index in [1.807, 2.05) is 0 Å². The number of phenolic OH excluding ortho intramolecular Hbond substituents is 1. The first kappa shape index (κ1) is 15.6. The number of benzene rings is 2. The molecule has 0 amide bonds. The SMILES string of the molecule is Cc1ccc(C(=O)OCC(=O)c2cc(F)ccc2F)c(O)c1. The van der Waals surface area contributed by atoms with Crippen molar-refractivity contribution >= 4 is 11.8 Å². The van der Waals surface area contributed by atoms with Crippen molar-refractivity contribution in [1.29, 1.82) is 0 Å². The maximum absolute atomic E-state index is 13.4. The Morgan fingerprint density at radius 1 is 1.09 bits per heavy atom. The molecule has 0 aliphatic carbocycles. The predicted molar refractivity (Wildman–Crippen MR) is 73.8 cm³/mol. The molecule has 0 aliphatic rings. The van der Waals surface area contributed by atoms with E-state index in [9.17, 15) is 23.5 Å². The standard InChI is InChI=1S/C16H12F2O4/c1-9-2-4-11(14(19)6-9)16(21)22-8-15(20)12-7-10(17)3-5-13(12)18/h2-7,19H,8H2,1H3. The quantitative estimate of drug-likeness (QED) is 0.696. The molecule has 0 radical (unpaired) electrons. The first-order valence-corrected chi connectivity index (χ1v) is 6.33. The summed E-state index contributed by atoms with van der Waals surface area (Å²) < 4.78 is 31.1. The molecular weight excluding hydrogens is 294 g/mol. The Hall–Kier alpha value is -2.76. The monoisotopic (exact) mass is 306 g/mol. The van der Waals surface area contributed by atoms with Crippen molar-refractivity contribution in [3.63, 3.8) is 0 Å². The average molecular weight is 306 g/mol. The Bertz CT molecular complexity index is 741. The molecule has 0 bridgehead atoms. The van der Waals surface area contributed by atoms with E-state index < -0.39 is 35.6 Å². The summed E-state index contributed by atoms with van der Waals surface area (Å²) in [6, 6.07) is 6.72. The van der Waals surface area contributed by atoms with Crippen LogP contribution in [0.2, 0.25) is 0 Å². The van der Waals surface area contributed by atoms with E-state index in [-0.39, 0.29) is 11.3 Å². The summed E-state index contributed by atoms with van der Waals surface area (Å²) >= 11 is 0. The first-order valence-electron chi connectivity index (χ1n) is 6.33. The number of hydrogen-bond acceptors (Lipinski definition) is 4. The van der Waals surface area contributed by atoms with Crippen LogP contribution >= 0.6 is 0 Å². The zero-order chi connectivity index (χ0) is 16.3. The van der Waals surface area contributed by atoms with Crippen LogP contribution < -0.4 is 0 Å². The molecule has 6 heteroatoms. The summed E-state index contributed by atoms with van der Waals surface area (Å²) in [4.78, 5) is 23.5. The van der Waals surface area contributed by atoms with Gasteiger partial charge in [0.25, 0.3) is 0 Å². The molecule has 114 valence electrons. The van der Waals surface area contributed by atoms with Crippen molar-refractivity contribution in [1.82, 2.24) is 0 Å². The van der Waals surface area contributed by atoms with E-state index in [1.54, 1.807) is 13.0 Å². The van der Waals surface area contributed by atoms with Crippen LogP contribution in [-0.2, 0) is 4.74 Å². The molecule has 4 nitrogen and oxygen atoms in total. The summed E-state index contributed by atoms with van der Waals surface area (Å²) in [7, 11) is 0. The van der Waals surface area contributed by atoms with Crippen LogP contribution in [0.15, 0.2) is 36.4 Å². The number of halogens is 2. The number of aromatic hydroxyl groups is 1. The Morgan fingerprint density at radius 2 is 1.82 bits per heavy atom. The fourth-order valence-corrected chi connectivity index (χ4v) is 1.81. The molecule has 0 aliphatic heterocycles. The van der Waals surface area contributed by atoms with E-state index >= 15 is 0 Å². The molecular formula is C16H12F2O4. The third-order valence-corrected chi connectivity index (χ3v) is 2.94. The predicted octanol–water partition coefficient (Wildman–Crippen LogP) is 3.02. The normalized spacial score (nSPS) is 10.3. The van der Waals surface area contributed by atoms with Crippen LogP contribution in [0.1, 0.15) is 26.3 Å². The van der Waals surface area contributed by atoms with Gasteiger partial charge in [0.2, 0.25) is 5.78 Å². The number of rotatable bonds is 4. The van der Waals surface area contributed by atoms with Gasteiger partial charge in [0.05, 0.1) is 5.56 Å². The number of ether oxygens (including phenoxy) is 1. The summed E-state index contributed by atoms with van der Waals surface area (Å²) in [6.07, 6.45) is 0. The van der Waals surface area contributed by atoms with Crippen molar-refractivity contribution in [2.24, 2.45) is 0 Å². The van der Waals surface area contributed by atoms with E-state index in [0.29, 0.717) is 0 Å². The largest absolute Gasteiger partial charge is 0.507 e. The van der Waals surface area contributed by atoms with Gasteiger partial charge < -0.3 is 9.84 Å². The highest BCUT2D eigenvalue weighted by atomic mass is 19.1. The molecule has 22 heavy (non-hydrogen) atoms. The third kappa shape index (κ3) is 3.46. The van der Waals surface area contributed by atoms with Crippen molar-refractivity contribution in [3.05, 3.63) is 64.7 Å². The van der Waals surface area contributed by atoms with E-state index in [2.05, 4.69) is 0 Å². The van der Waals surface area contributed by atoms with E-state index in [1.165, 1.54) is 12.1 Å². The summed E-state index contributed by atoms with van der Waals surface area (Å²) in [5, 5.41) is 9.63. The van der Waals surface area contributed by atoms with E-state index in [4.69, 9.17) is 4.74 Å². The van der Waals surface area contributed by atoms with Gasteiger partial charge in [0.1, 0.15) is 22.9 Å². The number of esters is 1. The number of carbonyl (C=O) groups excluding carboxylic acids is 2. The zero-order valence-corrected chi connectivity index (χ0v) is 11.6. The Labute approximate surface area is 125 Å². The zero-order valence-electron chi connectivity index (χ0n) is 11.6. The van der Waals surface area contributed by atoms with Crippen LogP contribution in [0.5, 0.6) is 5.75 Å². The summed E-state index contributed by atoms with van der Waals surface area (Å²) in [5.74, 6) is -3.76. The lowest BCUT2D eigenvalue weighted by molar-refractivity contribution is 0.0470. The topological polar surface area (TPSA) is 63.6 Å². The smallest absolute Gasteiger partial charge is 0.342 e. The lowest BCUT2D eigenvalue weighted by Crippen LogP contribution is -2.15. The maximum atomic E-state index is 13.4. The molecule has 0 saturated carbocycles. The fourth-order valence-electron chi connectivity index (χ4n) is 1.81. The first-order chi connectivity index (χ1) is 10.4. The van der Waals surface area contributed by atoms with Gasteiger partial charge in [-0.2, -0.15) is 0 Å². The third-order valence-electron chi connectivity index (χ3n) is 2.94. The van der Waals surface area contributed by atoms with Crippen molar-refractivity contribution in [2.45, 2.75) is 6.92 Å². The van der Waals surface area contributed by atoms with Crippen LogP contribution in [-0.4, -0.2) is 23.5 Å². The number of hydrogen-bond donors (Lipinski definition) is 1.